The maximum absolute atomic E-state index is 13.4. The third kappa shape index (κ3) is 4.01. The van der Waals surface area contributed by atoms with Crippen LogP contribution < -0.4 is 5.73 Å². The summed E-state index contributed by atoms with van der Waals surface area (Å²) in [5.41, 5.74) is 5.89. The summed E-state index contributed by atoms with van der Waals surface area (Å²) in [5.74, 6) is -2.68. The molecule has 0 spiro atoms. The number of halogens is 5. The van der Waals surface area contributed by atoms with E-state index in [1.807, 2.05) is 0 Å². The van der Waals surface area contributed by atoms with E-state index in [2.05, 4.69) is 10.1 Å². The third-order valence-corrected chi connectivity index (χ3v) is 4.43. The standard InChI is InChI=1S/C16H17F5N4O/c17-10-3-1-8(5-11(10)18)14-23-15(25(24-14)7-16(19,20)21)9-2-4-13(26)12(22)6-9/h1,3,5,9,12-13,26H,2,4,6-7,22H2/t9-,12+,13+/m0/s1. The molecular weight excluding hydrogens is 359 g/mol. The molecule has 0 amide bonds. The molecule has 10 heteroatoms. The summed E-state index contributed by atoms with van der Waals surface area (Å²) < 4.78 is 65.9. The van der Waals surface area contributed by atoms with E-state index in [0.717, 1.165) is 16.8 Å². The fourth-order valence-corrected chi connectivity index (χ4v) is 3.12. The van der Waals surface area contributed by atoms with Crippen molar-refractivity contribution >= 4 is 0 Å². The molecule has 1 aromatic carbocycles. The molecule has 1 heterocycles. The van der Waals surface area contributed by atoms with E-state index in [4.69, 9.17) is 5.73 Å². The molecule has 1 aliphatic rings. The topological polar surface area (TPSA) is 77.0 Å². The first kappa shape index (κ1) is 18.7. The number of hydrogen-bond donors (Lipinski definition) is 2. The van der Waals surface area contributed by atoms with Gasteiger partial charge >= 0.3 is 6.18 Å². The van der Waals surface area contributed by atoms with Crippen LogP contribution in [0.5, 0.6) is 0 Å². The Kier molecular flexibility index (Phi) is 4.98. The molecule has 142 valence electrons. The highest BCUT2D eigenvalue weighted by molar-refractivity contribution is 5.54. The first-order valence-corrected chi connectivity index (χ1v) is 8.04. The van der Waals surface area contributed by atoms with Crippen molar-refractivity contribution in [3.63, 3.8) is 0 Å². The molecule has 3 atom stereocenters. The van der Waals surface area contributed by atoms with Crippen LogP contribution in [0.2, 0.25) is 0 Å². The van der Waals surface area contributed by atoms with Crippen molar-refractivity contribution in [1.29, 1.82) is 0 Å². The highest BCUT2D eigenvalue weighted by atomic mass is 19.4. The van der Waals surface area contributed by atoms with E-state index in [0.29, 0.717) is 12.8 Å². The number of nitrogens with zero attached hydrogens (tertiary/aromatic N) is 3. The number of hydrogen-bond acceptors (Lipinski definition) is 4. The molecule has 5 nitrogen and oxygen atoms in total. The van der Waals surface area contributed by atoms with Crippen LogP contribution in [-0.4, -0.2) is 38.2 Å². The summed E-state index contributed by atoms with van der Waals surface area (Å²) in [5, 5.41) is 13.6. The van der Waals surface area contributed by atoms with Gasteiger partial charge in [0.25, 0.3) is 0 Å². The lowest BCUT2D eigenvalue weighted by atomic mass is 9.83. The Bertz CT molecular complexity index is 791. The van der Waals surface area contributed by atoms with Crippen LogP contribution in [0.25, 0.3) is 11.4 Å². The molecule has 0 unspecified atom stereocenters. The van der Waals surface area contributed by atoms with Gasteiger partial charge in [-0.1, -0.05) is 0 Å². The van der Waals surface area contributed by atoms with Crippen LogP contribution in [0.1, 0.15) is 31.0 Å². The molecular formula is C16H17F5N4O. The van der Waals surface area contributed by atoms with Crippen LogP contribution >= 0.6 is 0 Å². The molecule has 0 bridgehead atoms. The van der Waals surface area contributed by atoms with E-state index >= 15 is 0 Å². The summed E-state index contributed by atoms with van der Waals surface area (Å²) in [6.07, 6.45) is -4.23. The van der Waals surface area contributed by atoms with Gasteiger partial charge in [-0.3, -0.25) is 0 Å². The van der Waals surface area contributed by atoms with E-state index in [1.165, 1.54) is 6.07 Å². The lowest BCUT2D eigenvalue weighted by molar-refractivity contribution is -0.143. The summed E-state index contributed by atoms with van der Waals surface area (Å²) >= 11 is 0. The SMILES string of the molecule is N[C@@H]1C[C@@H](c2nc(-c3ccc(F)c(F)c3)nn2CC(F)(F)F)CC[C@H]1O. The number of aliphatic hydroxyl groups excluding tert-OH is 1. The normalized spacial score (nSPS) is 24.0. The fourth-order valence-electron chi connectivity index (χ4n) is 3.12. The summed E-state index contributed by atoms with van der Waals surface area (Å²) in [6, 6.07) is 2.33. The number of aliphatic hydroxyl groups is 1. The minimum atomic E-state index is -4.52. The predicted octanol–water partition coefficient (Wildman–Crippen LogP) is 2.74. The summed E-state index contributed by atoms with van der Waals surface area (Å²) in [6.45, 7) is -1.35. The largest absolute Gasteiger partial charge is 0.408 e. The third-order valence-electron chi connectivity index (χ3n) is 4.43. The smallest absolute Gasteiger partial charge is 0.392 e. The molecule has 0 aliphatic heterocycles. The summed E-state index contributed by atoms with van der Waals surface area (Å²) in [7, 11) is 0. The van der Waals surface area contributed by atoms with Gasteiger partial charge in [-0.15, -0.1) is 0 Å². The molecule has 3 N–H and O–H groups in total. The predicted molar refractivity (Wildman–Crippen MR) is 82.0 cm³/mol. The fraction of sp³-hybridized carbons (Fsp3) is 0.500. The number of nitrogens with two attached hydrogens (primary N) is 1. The van der Waals surface area contributed by atoms with Crippen molar-refractivity contribution in [3.8, 4) is 11.4 Å². The Morgan fingerprint density at radius 1 is 1.19 bits per heavy atom. The first-order valence-electron chi connectivity index (χ1n) is 8.04. The van der Waals surface area contributed by atoms with E-state index in [-0.39, 0.29) is 23.6 Å². The second-order valence-corrected chi connectivity index (χ2v) is 6.44. The maximum Gasteiger partial charge on any atom is 0.408 e. The Morgan fingerprint density at radius 2 is 1.92 bits per heavy atom. The van der Waals surface area contributed by atoms with Crippen LogP contribution in [0, 0.1) is 11.6 Å². The van der Waals surface area contributed by atoms with Gasteiger partial charge < -0.3 is 10.8 Å². The molecule has 1 aliphatic carbocycles. The van der Waals surface area contributed by atoms with E-state index in [9.17, 15) is 27.1 Å². The highest BCUT2D eigenvalue weighted by Gasteiger charge is 2.35. The van der Waals surface area contributed by atoms with Crippen molar-refractivity contribution in [1.82, 2.24) is 14.8 Å². The van der Waals surface area contributed by atoms with Gasteiger partial charge in [0.2, 0.25) is 0 Å². The zero-order valence-corrected chi connectivity index (χ0v) is 13.5. The molecule has 1 aromatic heterocycles. The Balaban J connectivity index is 1.98. The van der Waals surface area contributed by atoms with Crippen LogP contribution in [-0.2, 0) is 6.54 Å². The van der Waals surface area contributed by atoms with Gasteiger partial charge in [0, 0.05) is 17.5 Å². The van der Waals surface area contributed by atoms with Crippen molar-refractivity contribution in [3.05, 3.63) is 35.7 Å². The van der Waals surface area contributed by atoms with Crippen molar-refractivity contribution in [2.75, 3.05) is 0 Å². The highest BCUT2D eigenvalue weighted by Crippen LogP contribution is 2.34. The van der Waals surface area contributed by atoms with Gasteiger partial charge in [0.05, 0.1) is 6.10 Å². The van der Waals surface area contributed by atoms with Crippen LogP contribution in [0.3, 0.4) is 0 Å². The lowest BCUT2D eigenvalue weighted by Crippen LogP contribution is -2.40. The minimum Gasteiger partial charge on any atom is -0.392 e. The van der Waals surface area contributed by atoms with Gasteiger partial charge in [-0.05, 0) is 37.5 Å². The van der Waals surface area contributed by atoms with E-state index < -0.39 is 42.4 Å². The van der Waals surface area contributed by atoms with Crippen LogP contribution in [0.4, 0.5) is 22.0 Å². The van der Waals surface area contributed by atoms with Gasteiger partial charge in [-0.25, -0.2) is 18.4 Å². The Labute approximate surface area is 145 Å². The van der Waals surface area contributed by atoms with Crippen LogP contribution in [0.15, 0.2) is 18.2 Å². The summed E-state index contributed by atoms with van der Waals surface area (Å²) in [4.78, 5) is 4.14. The molecule has 1 saturated carbocycles. The zero-order chi connectivity index (χ0) is 19.1. The molecule has 3 rings (SSSR count). The first-order chi connectivity index (χ1) is 12.1. The molecule has 0 radical (unpaired) electrons. The number of rotatable bonds is 3. The Hall–Kier alpha value is -2.07. The number of benzene rings is 1. The second kappa shape index (κ2) is 6.92. The molecule has 26 heavy (non-hydrogen) atoms. The van der Waals surface area contributed by atoms with Crippen molar-refractivity contribution in [2.24, 2.45) is 5.73 Å². The maximum atomic E-state index is 13.4. The number of aromatic nitrogens is 3. The molecule has 0 saturated heterocycles. The minimum absolute atomic E-state index is 0.0735. The van der Waals surface area contributed by atoms with Gasteiger partial charge in [0.1, 0.15) is 12.4 Å². The van der Waals surface area contributed by atoms with E-state index in [1.54, 1.807) is 0 Å². The van der Waals surface area contributed by atoms with Gasteiger partial charge in [-0.2, -0.15) is 18.3 Å². The average Bonchev–Trinajstić information content (AvgIpc) is 2.94. The molecule has 1 fully saturated rings. The average molecular weight is 376 g/mol. The zero-order valence-electron chi connectivity index (χ0n) is 13.5. The number of alkyl halides is 3. The molecule has 2 aromatic rings. The van der Waals surface area contributed by atoms with Crippen molar-refractivity contribution in [2.45, 2.75) is 50.0 Å². The lowest BCUT2D eigenvalue weighted by Gasteiger charge is -2.30. The quantitative estimate of drug-likeness (QED) is 0.808. The second-order valence-electron chi connectivity index (χ2n) is 6.44. The van der Waals surface area contributed by atoms with Gasteiger partial charge in [0.15, 0.2) is 17.5 Å². The monoisotopic (exact) mass is 376 g/mol. The van der Waals surface area contributed by atoms with Crippen molar-refractivity contribution < 1.29 is 27.1 Å². The Morgan fingerprint density at radius 3 is 2.54 bits per heavy atom.